The van der Waals surface area contributed by atoms with Gasteiger partial charge in [-0.25, -0.2) is 4.72 Å². The third-order valence-electron chi connectivity index (χ3n) is 3.16. The van der Waals surface area contributed by atoms with Crippen LogP contribution in [0.25, 0.3) is 0 Å². The van der Waals surface area contributed by atoms with E-state index in [1.54, 1.807) is 18.2 Å². The molecule has 0 atom stereocenters. The summed E-state index contributed by atoms with van der Waals surface area (Å²) in [6, 6.07) is 6.78. The van der Waals surface area contributed by atoms with Crippen LogP contribution in [0.15, 0.2) is 24.3 Å². The highest BCUT2D eigenvalue weighted by atomic mass is 32.2. The molecule has 21 heavy (non-hydrogen) atoms. The van der Waals surface area contributed by atoms with Gasteiger partial charge in [-0.15, -0.1) is 0 Å². The Bertz CT molecular complexity index is 610. The second-order valence-electron chi connectivity index (χ2n) is 4.89. The maximum absolute atomic E-state index is 12.1. The molecule has 116 valence electrons. The van der Waals surface area contributed by atoms with Gasteiger partial charge in [0, 0.05) is 38.4 Å². The largest absolute Gasteiger partial charge is 0.379 e. The minimum Gasteiger partial charge on any atom is -0.379 e. The van der Waals surface area contributed by atoms with E-state index in [9.17, 15) is 13.2 Å². The van der Waals surface area contributed by atoms with Gasteiger partial charge in [-0.2, -0.15) is 12.7 Å². The van der Waals surface area contributed by atoms with E-state index in [1.165, 1.54) is 4.31 Å². The number of morpholine rings is 1. The summed E-state index contributed by atoms with van der Waals surface area (Å²) in [7, 11) is -0.126. The number of hydrogen-bond donors (Lipinski definition) is 1. The quantitative estimate of drug-likeness (QED) is 0.850. The topological polar surface area (TPSA) is 79.0 Å². The average Bonchev–Trinajstić information content (AvgIpc) is 2.48. The van der Waals surface area contributed by atoms with Gasteiger partial charge < -0.3 is 9.64 Å². The fourth-order valence-corrected chi connectivity index (χ4v) is 3.06. The van der Waals surface area contributed by atoms with Crippen molar-refractivity contribution in [1.29, 1.82) is 0 Å². The number of nitrogens with one attached hydrogen (secondary N) is 1. The zero-order chi connectivity index (χ0) is 15.5. The van der Waals surface area contributed by atoms with Gasteiger partial charge in [-0.3, -0.25) is 4.79 Å². The van der Waals surface area contributed by atoms with Gasteiger partial charge >= 0.3 is 10.2 Å². The number of ether oxygens (including phenoxy) is 1. The van der Waals surface area contributed by atoms with Crippen molar-refractivity contribution in [3.63, 3.8) is 0 Å². The number of carbonyl (C=O) groups is 1. The lowest BCUT2D eigenvalue weighted by molar-refractivity contribution is 0.0719. The first-order chi connectivity index (χ1) is 9.90. The molecule has 0 saturated carbocycles. The van der Waals surface area contributed by atoms with Crippen LogP contribution in [0.4, 0.5) is 5.69 Å². The predicted molar refractivity (Wildman–Crippen MR) is 79.5 cm³/mol. The summed E-state index contributed by atoms with van der Waals surface area (Å²) in [5.41, 5.74) is 1.13. The van der Waals surface area contributed by atoms with Gasteiger partial charge in [0.2, 0.25) is 0 Å². The van der Waals surface area contributed by atoms with Crippen molar-refractivity contribution in [3.8, 4) is 0 Å². The van der Waals surface area contributed by atoms with Crippen LogP contribution in [-0.4, -0.2) is 59.0 Å². The molecular formula is C13H19N3O4S. The fraction of sp³-hybridized carbons (Fsp3) is 0.462. The lowest BCUT2D eigenvalue weighted by Crippen LogP contribution is -2.48. The predicted octanol–water partition coefficient (Wildman–Crippen LogP) is 0.0594. The molecule has 0 radical (unpaired) electrons. The number of nitrogens with zero attached hydrogens (tertiary/aromatic N) is 2. The van der Waals surface area contributed by atoms with Crippen LogP contribution in [0, 0.1) is 0 Å². The van der Waals surface area contributed by atoms with E-state index in [1.807, 2.05) is 25.1 Å². The molecule has 8 heteroatoms. The summed E-state index contributed by atoms with van der Waals surface area (Å²) in [6.45, 7) is 1.18. The monoisotopic (exact) mass is 313 g/mol. The van der Waals surface area contributed by atoms with Crippen LogP contribution in [0.5, 0.6) is 0 Å². The normalized spacial score (nSPS) is 16.5. The number of hydrogen-bond acceptors (Lipinski definition) is 5. The van der Waals surface area contributed by atoms with Crippen molar-refractivity contribution in [2.24, 2.45) is 0 Å². The molecule has 1 saturated heterocycles. The molecule has 0 aromatic heterocycles. The molecule has 1 amide bonds. The third kappa shape index (κ3) is 3.93. The third-order valence-corrected chi connectivity index (χ3v) is 4.64. The Morgan fingerprint density at radius 1 is 1.29 bits per heavy atom. The Kier molecular flexibility index (Phi) is 4.81. The van der Waals surface area contributed by atoms with E-state index in [2.05, 4.69) is 4.72 Å². The first kappa shape index (κ1) is 15.7. The molecule has 0 bridgehead atoms. The summed E-state index contributed by atoms with van der Waals surface area (Å²) >= 11 is 0. The molecule has 1 aliphatic heterocycles. The number of rotatable bonds is 4. The van der Waals surface area contributed by atoms with E-state index in [0.717, 1.165) is 5.69 Å². The Labute approximate surface area is 124 Å². The van der Waals surface area contributed by atoms with E-state index < -0.39 is 16.1 Å². The standard InChI is InChI=1S/C13H19N3O4S/c1-15(2)12-5-3-4-11(10-12)13(17)14-21(18,19)16-6-8-20-9-7-16/h3-5,10H,6-9H2,1-2H3,(H,14,17). The number of anilines is 1. The summed E-state index contributed by atoms with van der Waals surface area (Å²) in [6.07, 6.45) is 0. The lowest BCUT2D eigenvalue weighted by Gasteiger charge is -2.25. The zero-order valence-corrected chi connectivity index (χ0v) is 12.9. The van der Waals surface area contributed by atoms with E-state index in [4.69, 9.17) is 4.74 Å². The highest BCUT2D eigenvalue weighted by Gasteiger charge is 2.26. The first-order valence-corrected chi connectivity index (χ1v) is 8.01. The van der Waals surface area contributed by atoms with Gasteiger partial charge in [-0.05, 0) is 18.2 Å². The highest BCUT2D eigenvalue weighted by Crippen LogP contribution is 2.14. The van der Waals surface area contributed by atoms with Crippen LogP contribution >= 0.6 is 0 Å². The van der Waals surface area contributed by atoms with E-state index in [0.29, 0.717) is 18.8 Å². The molecule has 0 unspecified atom stereocenters. The van der Waals surface area contributed by atoms with Crippen LogP contribution in [0.1, 0.15) is 10.4 Å². The molecule has 1 aromatic rings. The Morgan fingerprint density at radius 2 is 1.95 bits per heavy atom. The molecule has 1 fully saturated rings. The molecule has 0 spiro atoms. The van der Waals surface area contributed by atoms with Gasteiger partial charge in [0.05, 0.1) is 13.2 Å². The fourth-order valence-electron chi connectivity index (χ4n) is 1.95. The van der Waals surface area contributed by atoms with E-state index >= 15 is 0 Å². The zero-order valence-electron chi connectivity index (χ0n) is 12.1. The molecule has 2 rings (SSSR count). The van der Waals surface area contributed by atoms with Gasteiger partial charge in [-0.1, -0.05) is 6.07 Å². The molecule has 1 aromatic carbocycles. The van der Waals surface area contributed by atoms with Crippen molar-refractivity contribution in [2.75, 3.05) is 45.3 Å². The second-order valence-corrected chi connectivity index (χ2v) is 6.56. The Balaban J connectivity index is 2.11. The van der Waals surface area contributed by atoms with Crippen LogP contribution in [0.2, 0.25) is 0 Å². The van der Waals surface area contributed by atoms with Crippen LogP contribution in [-0.2, 0) is 14.9 Å². The second kappa shape index (κ2) is 6.42. The Hall–Kier alpha value is -1.64. The van der Waals surface area contributed by atoms with Crippen molar-refractivity contribution < 1.29 is 17.9 Å². The SMILES string of the molecule is CN(C)c1cccc(C(=O)NS(=O)(=O)N2CCOCC2)c1. The summed E-state index contributed by atoms with van der Waals surface area (Å²) in [5.74, 6) is -0.634. The molecule has 1 heterocycles. The van der Waals surface area contributed by atoms with Crippen LogP contribution < -0.4 is 9.62 Å². The van der Waals surface area contributed by atoms with Crippen LogP contribution in [0.3, 0.4) is 0 Å². The minimum absolute atomic E-state index is 0.250. The highest BCUT2D eigenvalue weighted by molar-refractivity contribution is 7.87. The average molecular weight is 313 g/mol. The van der Waals surface area contributed by atoms with Gasteiger partial charge in [0.1, 0.15) is 0 Å². The van der Waals surface area contributed by atoms with Gasteiger partial charge in [0.25, 0.3) is 5.91 Å². The molecule has 7 nitrogen and oxygen atoms in total. The van der Waals surface area contributed by atoms with Gasteiger partial charge in [0.15, 0.2) is 0 Å². The van der Waals surface area contributed by atoms with Crippen molar-refractivity contribution in [1.82, 2.24) is 9.03 Å². The minimum atomic E-state index is -3.82. The Morgan fingerprint density at radius 3 is 2.57 bits per heavy atom. The van der Waals surface area contributed by atoms with E-state index in [-0.39, 0.29) is 13.1 Å². The maximum atomic E-state index is 12.1. The number of amides is 1. The molecule has 1 aliphatic rings. The lowest BCUT2D eigenvalue weighted by atomic mass is 10.2. The molecule has 1 N–H and O–H groups in total. The smallest absolute Gasteiger partial charge is 0.304 e. The van der Waals surface area contributed by atoms with Crippen molar-refractivity contribution in [3.05, 3.63) is 29.8 Å². The van der Waals surface area contributed by atoms with Crippen molar-refractivity contribution >= 4 is 21.8 Å². The maximum Gasteiger partial charge on any atom is 0.304 e. The number of benzene rings is 1. The molecular weight excluding hydrogens is 294 g/mol. The number of carbonyl (C=O) groups excluding carboxylic acids is 1. The summed E-state index contributed by atoms with van der Waals surface area (Å²) < 4.78 is 32.6. The van der Waals surface area contributed by atoms with Crippen molar-refractivity contribution in [2.45, 2.75) is 0 Å². The first-order valence-electron chi connectivity index (χ1n) is 6.57. The molecule has 0 aliphatic carbocycles. The summed E-state index contributed by atoms with van der Waals surface area (Å²) in [5, 5.41) is 0. The summed E-state index contributed by atoms with van der Waals surface area (Å²) in [4.78, 5) is 14.0.